The van der Waals surface area contributed by atoms with E-state index in [0.717, 1.165) is 43.8 Å². The van der Waals surface area contributed by atoms with Crippen molar-refractivity contribution in [2.24, 2.45) is 5.92 Å². The first-order valence-corrected chi connectivity index (χ1v) is 9.23. The number of esters is 1. The molecule has 130 valence electrons. The second-order valence-corrected chi connectivity index (χ2v) is 6.69. The van der Waals surface area contributed by atoms with Crippen LogP contribution in [0.2, 0.25) is 0 Å². The summed E-state index contributed by atoms with van der Waals surface area (Å²) in [5, 5.41) is 2.04. The minimum Gasteiger partial charge on any atom is -0.464 e. The fraction of sp³-hybridized carbons (Fsp3) is 0.611. The van der Waals surface area contributed by atoms with Crippen LogP contribution in [0.1, 0.15) is 43.9 Å². The van der Waals surface area contributed by atoms with Gasteiger partial charge < -0.3 is 9.64 Å². The Morgan fingerprint density at radius 3 is 2.78 bits per heavy atom. The molecule has 0 fully saturated rings. The molecule has 2 rings (SSSR count). The van der Waals surface area contributed by atoms with Crippen molar-refractivity contribution >= 4 is 29.7 Å². The molecule has 0 amide bonds. The lowest BCUT2D eigenvalue weighted by Gasteiger charge is -2.25. The Bertz CT molecular complexity index is 471. The van der Waals surface area contributed by atoms with Crippen molar-refractivity contribution in [2.45, 2.75) is 39.0 Å². The average Bonchev–Trinajstić information content (AvgIpc) is 3.07. The number of likely N-dealkylation sites (N-methyl/N-ethyl adjacent to an activating group) is 1. The number of thiophene rings is 1. The molecule has 0 radical (unpaired) electrons. The van der Waals surface area contributed by atoms with Crippen LogP contribution < -0.4 is 0 Å². The molecule has 0 aliphatic heterocycles. The van der Waals surface area contributed by atoms with Gasteiger partial charge in [-0.2, -0.15) is 0 Å². The Labute approximate surface area is 150 Å². The van der Waals surface area contributed by atoms with E-state index in [1.165, 1.54) is 0 Å². The Morgan fingerprint density at radius 1 is 1.43 bits per heavy atom. The second-order valence-electron chi connectivity index (χ2n) is 5.71. The highest BCUT2D eigenvalue weighted by molar-refractivity contribution is 7.10. The van der Waals surface area contributed by atoms with Gasteiger partial charge in [0.25, 0.3) is 0 Å². The van der Waals surface area contributed by atoms with E-state index < -0.39 is 0 Å². The third kappa shape index (κ3) is 5.94. The predicted octanol–water partition coefficient (Wildman–Crippen LogP) is 4.49. The number of nitrogens with zero attached hydrogens (tertiary/aromatic N) is 1. The Hall–Kier alpha value is -0.840. The quantitative estimate of drug-likeness (QED) is 0.507. The zero-order valence-electron chi connectivity index (χ0n) is 14.1. The number of ether oxygens (including phenoxy) is 1. The zero-order chi connectivity index (χ0) is 15.8. The molecule has 5 heteroatoms. The number of halogens is 1. The molecule has 1 aliphatic carbocycles. The summed E-state index contributed by atoms with van der Waals surface area (Å²) >= 11 is 1.66. The van der Waals surface area contributed by atoms with Crippen molar-refractivity contribution in [3.05, 3.63) is 34.5 Å². The number of carbonyl (C=O) groups is 1. The van der Waals surface area contributed by atoms with Crippen LogP contribution in [-0.2, 0) is 9.53 Å². The topological polar surface area (TPSA) is 29.5 Å². The lowest BCUT2D eigenvalue weighted by molar-refractivity contribution is -0.147. The van der Waals surface area contributed by atoms with E-state index in [-0.39, 0.29) is 30.2 Å². The summed E-state index contributed by atoms with van der Waals surface area (Å²) in [6.45, 7) is 7.55. The smallest absolute Gasteiger partial charge is 0.314 e. The van der Waals surface area contributed by atoms with E-state index >= 15 is 0 Å². The molecule has 0 spiro atoms. The van der Waals surface area contributed by atoms with Gasteiger partial charge >= 0.3 is 5.97 Å². The molecule has 0 saturated heterocycles. The molecule has 3 nitrogen and oxygen atoms in total. The van der Waals surface area contributed by atoms with Crippen molar-refractivity contribution in [2.75, 3.05) is 26.2 Å². The fourth-order valence-corrected chi connectivity index (χ4v) is 3.88. The molecular weight excluding hydrogens is 330 g/mol. The first-order chi connectivity index (χ1) is 10.8. The molecule has 1 aromatic rings. The number of hydrogen-bond acceptors (Lipinski definition) is 4. The minimum atomic E-state index is -0.131. The monoisotopic (exact) mass is 357 g/mol. The van der Waals surface area contributed by atoms with Gasteiger partial charge in [-0.25, -0.2) is 0 Å². The van der Waals surface area contributed by atoms with Crippen molar-refractivity contribution in [1.82, 2.24) is 4.90 Å². The summed E-state index contributed by atoms with van der Waals surface area (Å²) < 4.78 is 5.61. The van der Waals surface area contributed by atoms with Gasteiger partial charge in [-0.3, -0.25) is 4.79 Å². The lowest BCUT2D eigenvalue weighted by Crippen LogP contribution is -2.30. The molecule has 0 bridgehead atoms. The van der Waals surface area contributed by atoms with Crippen LogP contribution >= 0.6 is 23.7 Å². The normalized spacial score (nSPS) is 18.5. The molecule has 23 heavy (non-hydrogen) atoms. The van der Waals surface area contributed by atoms with Crippen LogP contribution in [0.25, 0.3) is 0 Å². The standard InChI is InChI=1S/C18H27NO2S.ClH/c1-3-19(4-2)12-13-21-18(20)17(16-11-8-14-22-16)15-9-6-5-7-10-15;/h6,8-9,11,14-15,17H,3-5,7,10,12-13H2,1-2H3;1H. The highest BCUT2D eigenvalue weighted by atomic mass is 35.5. The summed E-state index contributed by atoms with van der Waals surface area (Å²) in [5.41, 5.74) is 0. The van der Waals surface area contributed by atoms with Crippen molar-refractivity contribution in [3.8, 4) is 0 Å². The number of hydrogen-bond donors (Lipinski definition) is 0. The van der Waals surface area contributed by atoms with Crippen molar-refractivity contribution in [1.29, 1.82) is 0 Å². The van der Waals surface area contributed by atoms with Gasteiger partial charge in [0, 0.05) is 11.4 Å². The van der Waals surface area contributed by atoms with Gasteiger partial charge in [0.05, 0.1) is 5.92 Å². The Morgan fingerprint density at radius 2 is 2.22 bits per heavy atom. The van der Waals surface area contributed by atoms with Crippen molar-refractivity contribution < 1.29 is 9.53 Å². The molecule has 2 atom stereocenters. The SMILES string of the molecule is CCN(CC)CCOC(=O)C(c1cccs1)C1C=CCCC1.Cl. The Balaban J connectivity index is 0.00000264. The highest BCUT2D eigenvalue weighted by Gasteiger charge is 2.31. The lowest BCUT2D eigenvalue weighted by atomic mass is 9.83. The minimum absolute atomic E-state index is 0. The molecule has 1 aromatic heterocycles. The van der Waals surface area contributed by atoms with E-state index in [1.807, 2.05) is 11.4 Å². The van der Waals surface area contributed by atoms with Gasteiger partial charge in [0.2, 0.25) is 0 Å². The van der Waals surface area contributed by atoms with Crippen LogP contribution in [0.5, 0.6) is 0 Å². The molecule has 1 aliphatic rings. The van der Waals surface area contributed by atoms with Crippen LogP contribution in [0.15, 0.2) is 29.7 Å². The van der Waals surface area contributed by atoms with E-state index in [4.69, 9.17) is 4.74 Å². The number of allylic oxidation sites excluding steroid dienone is 2. The van der Waals surface area contributed by atoms with E-state index in [2.05, 4.69) is 37.0 Å². The van der Waals surface area contributed by atoms with Crippen LogP contribution in [0.4, 0.5) is 0 Å². The third-order valence-corrected chi connectivity index (χ3v) is 5.32. The maximum Gasteiger partial charge on any atom is 0.314 e. The summed E-state index contributed by atoms with van der Waals surface area (Å²) in [5.74, 6) is 0.0905. The van der Waals surface area contributed by atoms with E-state index in [9.17, 15) is 4.79 Å². The van der Waals surface area contributed by atoms with E-state index in [1.54, 1.807) is 11.3 Å². The maximum atomic E-state index is 12.6. The van der Waals surface area contributed by atoms with Gasteiger partial charge in [0.15, 0.2) is 0 Å². The molecule has 0 N–H and O–H groups in total. The summed E-state index contributed by atoms with van der Waals surface area (Å²) in [4.78, 5) is 16.0. The maximum absolute atomic E-state index is 12.6. The summed E-state index contributed by atoms with van der Waals surface area (Å²) in [6.07, 6.45) is 7.78. The fourth-order valence-electron chi connectivity index (χ4n) is 2.99. The van der Waals surface area contributed by atoms with Gasteiger partial charge in [0.1, 0.15) is 6.61 Å². The Kier molecular flexibility index (Phi) is 9.53. The molecule has 0 saturated carbocycles. The van der Waals surface area contributed by atoms with Crippen LogP contribution in [0.3, 0.4) is 0 Å². The predicted molar refractivity (Wildman–Crippen MR) is 99.5 cm³/mol. The largest absolute Gasteiger partial charge is 0.464 e. The van der Waals surface area contributed by atoms with E-state index in [0.29, 0.717) is 6.61 Å². The molecule has 2 unspecified atom stereocenters. The molecular formula is C18H28ClNO2S. The first-order valence-electron chi connectivity index (χ1n) is 8.35. The summed E-state index contributed by atoms with van der Waals surface area (Å²) in [7, 11) is 0. The van der Waals surface area contributed by atoms with Crippen molar-refractivity contribution in [3.63, 3.8) is 0 Å². The second kappa shape index (κ2) is 10.8. The third-order valence-electron chi connectivity index (χ3n) is 4.37. The van der Waals surface area contributed by atoms with Gasteiger partial charge in [-0.1, -0.05) is 32.1 Å². The highest BCUT2D eigenvalue weighted by Crippen LogP contribution is 2.35. The van der Waals surface area contributed by atoms with Crippen LogP contribution in [-0.4, -0.2) is 37.1 Å². The average molecular weight is 358 g/mol. The van der Waals surface area contributed by atoms with Gasteiger partial charge in [-0.05, 0) is 49.7 Å². The van der Waals surface area contributed by atoms with Gasteiger partial charge in [-0.15, -0.1) is 23.7 Å². The number of rotatable bonds is 8. The van der Waals surface area contributed by atoms with Crippen LogP contribution in [0, 0.1) is 5.92 Å². The first kappa shape index (κ1) is 20.2. The molecule has 0 aromatic carbocycles. The zero-order valence-corrected chi connectivity index (χ0v) is 15.7. The molecule has 1 heterocycles. The number of carbonyl (C=O) groups excluding carboxylic acids is 1. The summed E-state index contributed by atoms with van der Waals surface area (Å²) in [6, 6.07) is 4.08.